The summed E-state index contributed by atoms with van der Waals surface area (Å²) in [6, 6.07) is 1.87. The molecule has 0 aliphatic carbocycles. The molecule has 0 bridgehead atoms. The molecule has 0 fully saturated rings. The highest BCUT2D eigenvalue weighted by Crippen LogP contribution is 2.12. The molecule has 0 N–H and O–H groups in total. The molecule has 0 amide bonds. The Hall–Kier alpha value is -0.830. The summed E-state index contributed by atoms with van der Waals surface area (Å²) in [6.07, 6.45) is 0. The van der Waals surface area contributed by atoms with E-state index in [0.29, 0.717) is 5.59 Å². The van der Waals surface area contributed by atoms with Crippen molar-refractivity contribution in [3.05, 3.63) is 11.4 Å². The fourth-order valence-electron chi connectivity index (χ4n) is 0.905. The fourth-order valence-corrected chi connectivity index (χ4v) is 1.64. The van der Waals surface area contributed by atoms with Gasteiger partial charge < -0.3 is 0 Å². The molecule has 5 heteroatoms. The molecule has 0 unspecified atom stereocenters. The Kier molecular flexibility index (Phi) is 1.46. The van der Waals surface area contributed by atoms with Gasteiger partial charge in [-0.15, -0.1) is 11.3 Å². The van der Waals surface area contributed by atoms with Crippen LogP contribution in [0.3, 0.4) is 0 Å². The lowest BCUT2D eigenvalue weighted by Gasteiger charge is -1.96. The Morgan fingerprint density at radius 1 is 1.27 bits per heavy atom. The summed E-state index contributed by atoms with van der Waals surface area (Å²) >= 11 is 1.52. The van der Waals surface area contributed by atoms with Gasteiger partial charge in [0, 0.05) is 5.59 Å². The molecule has 2 aromatic heterocycles. The zero-order chi connectivity index (χ0) is 7.84. The van der Waals surface area contributed by atoms with E-state index in [4.69, 9.17) is 15.7 Å². The first kappa shape index (κ1) is 6.85. The van der Waals surface area contributed by atoms with E-state index in [2.05, 4.69) is 9.97 Å². The summed E-state index contributed by atoms with van der Waals surface area (Å²) in [5.41, 5.74) is 1.51. The van der Waals surface area contributed by atoms with Crippen LogP contribution in [-0.2, 0) is 0 Å². The minimum Gasteiger partial charge on any atom is -0.260 e. The van der Waals surface area contributed by atoms with Crippen LogP contribution in [0.25, 0.3) is 10.2 Å². The van der Waals surface area contributed by atoms with Crippen LogP contribution in [0.5, 0.6) is 0 Å². The monoisotopic (exact) mass is 156 g/mol. The highest BCUT2D eigenvalue weighted by Gasteiger charge is 2.00. The van der Waals surface area contributed by atoms with Crippen LogP contribution in [0.1, 0.15) is 0 Å². The zero-order valence-corrected chi connectivity index (χ0v) is 6.43. The molecule has 4 radical (unpaired) electrons. The maximum Gasteiger partial charge on any atom is 0.170 e. The van der Waals surface area contributed by atoms with Crippen LogP contribution in [-0.4, -0.2) is 25.7 Å². The fraction of sp³-hybridized carbons (Fsp3) is 0. The average molecular weight is 156 g/mol. The largest absolute Gasteiger partial charge is 0.260 e. The number of fused-ring (bicyclic) bond motifs is 1. The van der Waals surface area contributed by atoms with E-state index in [9.17, 15) is 0 Å². The van der Waals surface area contributed by atoms with Crippen molar-refractivity contribution in [2.24, 2.45) is 0 Å². The Labute approximate surface area is 70.5 Å². The van der Waals surface area contributed by atoms with Gasteiger partial charge in [-0.3, -0.25) is 4.98 Å². The first-order valence-electron chi connectivity index (χ1n) is 3.03. The van der Waals surface area contributed by atoms with Crippen LogP contribution in [0.4, 0.5) is 0 Å². The second-order valence-corrected chi connectivity index (χ2v) is 3.02. The van der Waals surface area contributed by atoms with Crippen molar-refractivity contribution in [1.29, 1.82) is 0 Å². The van der Waals surface area contributed by atoms with E-state index in [1.165, 1.54) is 11.3 Å². The lowest BCUT2D eigenvalue weighted by Crippen LogP contribution is -2.23. The molecule has 0 saturated heterocycles. The van der Waals surface area contributed by atoms with Crippen molar-refractivity contribution in [3.63, 3.8) is 0 Å². The van der Waals surface area contributed by atoms with E-state index in [1.807, 2.05) is 11.4 Å². The van der Waals surface area contributed by atoms with Crippen LogP contribution in [0.2, 0.25) is 0 Å². The summed E-state index contributed by atoms with van der Waals surface area (Å²) in [5.74, 6) is 0. The molecule has 0 saturated carbocycles. The minimum atomic E-state index is 0.230. The molecule has 2 rings (SSSR count). The van der Waals surface area contributed by atoms with Crippen LogP contribution < -0.4 is 11.3 Å². The molecule has 48 valence electrons. The second kappa shape index (κ2) is 2.34. The maximum atomic E-state index is 5.58. The van der Waals surface area contributed by atoms with Crippen molar-refractivity contribution in [3.8, 4) is 0 Å². The number of thiophene rings is 1. The first-order valence-corrected chi connectivity index (χ1v) is 3.91. The van der Waals surface area contributed by atoms with Gasteiger partial charge in [0.25, 0.3) is 0 Å². The molecule has 2 heterocycles. The summed E-state index contributed by atoms with van der Waals surface area (Å²) < 4.78 is 0.902. The third-order valence-corrected chi connectivity index (χ3v) is 2.27. The van der Waals surface area contributed by atoms with Crippen molar-refractivity contribution in [1.82, 2.24) is 9.97 Å². The van der Waals surface area contributed by atoms with Gasteiger partial charge in [-0.25, -0.2) is 4.98 Å². The Bertz CT molecular complexity index is 398. The molecule has 0 spiro atoms. The van der Waals surface area contributed by atoms with Gasteiger partial charge in [0.15, 0.2) is 7.85 Å². The Morgan fingerprint density at radius 3 is 2.91 bits per heavy atom. The normalized spacial score (nSPS) is 10.5. The van der Waals surface area contributed by atoms with Gasteiger partial charge in [-0.2, -0.15) is 0 Å². The van der Waals surface area contributed by atoms with Gasteiger partial charge in [-0.1, -0.05) is 0 Å². The Balaban J connectivity index is 2.91. The van der Waals surface area contributed by atoms with E-state index in [-0.39, 0.29) is 5.72 Å². The van der Waals surface area contributed by atoms with E-state index in [1.54, 1.807) is 0 Å². The molecule has 2 nitrogen and oxygen atoms in total. The standard InChI is InChI=1S/C6H2B2N2S/c7-5-4-3(1-2-11-4)9-6(8)10-5/h1-2H. The van der Waals surface area contributed by atoms with Gasteiger partial charge in [0.05, 0.1) is 15.9 Å². The number of hydrogen-bond acceptors (Lipinski definition) is 3. The van der Waals surface area contributed by atoms with Gasteiger partial charge in [0.2, 0.25) is 0 Å². The van der Waals surface area contributed by atoms with Gasteiger partial charge >= 0.3 is 0 Å². The van der Waals surface area contributed by atoms with E-state index >= 15 is 0 Å². The maximum absolute atomic E-state index is 5.58. The predicted molar refractivity (Wildman–Crippen MR) is 48.2 cm³/mol. The van der Waals surface area contributed by atoms with Crippen molar-refractivity contribution in [2.45, 2.75) is 0 Å². The number of nitrogens with zero attached hydrogens (tertiary/aromatic N) is 2. The number of hydrogen-bond donors (Lipinski definition) is 0. The highest BCUT2D eigenvalue weighted by atomic mass is 32.1. The average Bonchev–Trinajstić information content (AvgIpc) is 2.34. The van der Waals surface area contributed by atoms with Crippen molar-refractivity contribution >= 4 is 48.6 Å². The molecule has 0 aliphatic rings. The summed E-state index contributed by atoms with van der Waals surface area (Å²) in [6.45, 7) is 0. The smallest absolute Gasteiger partial charge is 0.170 e. The lowest BCUT2D eigenvalue weighted by molar-refractivity contribution is 1.34. The first-order chi connectivity index (χ1) is 5.27. The molecular weight excluding hydrogens is 154 g/mol. The number of rotatable bonds is 0. The molecule has 0 aliphatic heterocycles. The van der Waals surface area contributed by atoms with E-state index in [0.717, 1.165) is 10.2 Å². The summed E-state index contributed by atoms with van der Waals surface area (Å²) in [4.78, 5) is 7.82. The minimum absolute atomic E-state index is 0.230. The molecular formula is C6H2B2N2S. The third-order valence-electron chi connectivity index (χ3n) is 1.35. The molecule has 2 aromatic rings. The predicted octanol–water partition coefficient (Wildman–Crippen LogP) is -0.721. The second-order valence-electron chi connectivity index (χ2n) is 2.10. The third kappa shape index (κ3) is 1.05. The zero-order valence-electron chi connectivity index (χ0n) is 5.61. The topological polar surface area (TPSA) is 25.8 Å². The van der Waals surface area contributed by atoms with Crippen LogP contribution in [0.15, 0.2) is 11.4 Å². The molecule has 0 atom stereocenters. The van der Waals surface area contributed by atoms with Gasteiger partial charge in [-0.05, 0) is 11.4 Å². The number of aromatic nitrogens is 2. The summed E-state index contributed by atoms with van der Waals surface area (Å²) in [5, 5.41) is 1.91. The molecule has 0 aromatic carbocycles. The van der Waals surface area contributed by atoms with Crippen LogP contribution >= 0.6 is 11.3 Å². The quantitative estimate of drug-likeness (QED) is 0.470. The van der Waals surface area contributed by atoms with Crippen molar-refractivity contribution < 1.29 is 0 Å². The van der Waals surface area contributed by atoms with E-state index < -0.39 is 0 Å². The van der Waals surface area contributed by atoms with Gasteiger partial charge in [0.1, 0.15) is 7.85 Å². The molecule has 11 heavy (non-hydrogen) atoms. The SMILES string of the molecule is [B]c1nc([B])c2sccc2n1. The summed E-state index contributed by atoms with van der Waals surface area (Å²) in [7, 11) is 11.0. The van der Waals surface area contributed by atoms with Crippen molar-refractivity contribution in [2.75, 3.05) is 0 Å². The Morgan fingerprint density at radius 2 is 2.09 bits per heavy atom. The lowest BCUT2D eigenvalue weighted by atomic mass is 10.0. The highest BCUT2D eigenvalue weighted by molar-refractivity contribution is 7.18. The van der Waals surface area contributed by atoms with Crippen LogP contribution in [0, 0.1) is 0 Å².